The van der Waals surface area contributed by atoms with Crippen LogP contribution in [0.1, 0.15) is 55.3 Å². The highest BCUT2D eigenvalue weighted by atomic mass is 15.2. The van der Waals surface area contributed by atoms with Gasteiger partial charge < -0.3 is 5.73 Å². The van der Waals surface area contributed by atoms with Crippen LogP contribution in [0, 0.1) is 13.8 Å². The third kappa shape index (κ3) is 3.37. The molecule has 2 nitrogen and oxygen atoms in total. The molecular weight excluding hydrogens is 232 g/mol. The molecule has 1 aliphatic heterocycles. The van der Waals surface area contributed by atoms with Gasteiger partial charge in [0.2, 0.25) is 0 Å². The Balaban J connectivity index is 2.36. The fourth-order valence-electron chi connectivity index (χ4n) is 3.31. The Morgan fingerprint density at radius 1 is 1.26 bits per heavy atom. The van der Waals surface area contributed by atoms with Crippen molar-refractivity contribution in [3.05, 3.63) is 34.9 Å². The van der Waals surface area contributed by atoms with Crippen LogP contribution in [0.5, 0.6) is 0 Å². The van der Waals surface area contributed by atoms with Crippen molar-refractivity contribution in [2.75, 3.05) is 13.1 Å². The number of nitrogens with zero attached hydrogens (tertiary/aromatic N) is 1. The lowest BCUT2D eigenvalue weighted by Gasteiger charge is -2.34. The summed E-state index contributed by atoms with van der Waals surface area (Å²) in [6.07, 6.45) is 4.91. The monoisotopic (exact) mass is 260 g/mol. The molecule has 2 rings (SSSR count). The van der Waals surface area contributed by atoms with E-state index in [0.717, 1.165) is 13.0 Å². The molecule has 1 aromatic rings. The van der Waals surface area contributed by atoms with Crippen LogP contribution in [-0.4, -0.2) is 24.0 Å². The topological polar surface area (TPSA) is 29.3 Å². The Morgan fingerprint density at radius 3 is 2.79 bits per heavy atom. The van der Waals surface area contributed by atoms with Gasteiger partial charge in [0.15, 0.2) is 0 Å². The molecule has 1 aliphatic rings. The predicted molar refractivity (Wildman–Crippen MR) is 82.3 cm³/mol. The van der Waals surface area contributed by atoms with Gasteiger partial charge >= 0.3 is 0 Å². The smallest absolute Gasteiger partial charge is 0.0501 e. The van der Waals surface area contributed by atoms with Crippen LogP contribution in [0.2, 0.25) is 0 Å². The van der Waals surface area contributed by atoms with E-state index in [4.69, 9.17) is 5.73 Å². The molecule has 2 atom stereocenters. The molecule has 0 bridgehead atoms. The first-order chi connectivity index (χ1) is 9.13. The number of hydrogen-bond donors (Lipinski definition) is 1. The zero-order chi connectivity index (χ0) is 13.8. The van der Waals surface area contributed by atoms with E-state index in [0.29, 0.717) is 6.04 Å². The van der Waals surface area contributed by atoms with Gasteiger partial charge in [0.05, 0.1) is 6.04 Å². The van der Waals surface area contributed by atoms with Crippen molar-refractivity contribution in [1.29, 1.82) is 0 Å². The highest BCUT2D eigenvalue weighted by Crippen LogP contribution is 2.32. The van der Waals surface area contributed by atoms with E-state index in [1.165, 1.54) is 42.5 Å². The number of rotatable bonds is 3. The second-order valence-corrected chi connectivity index (χ2v) is 6.00. The lowest BCUT2D eigenvalue weighted by Crippen LogP contribution is -2.40. The number of hydrogen-bond acceptors (Lipinski definition) is 2. The van der Waals surface area contributed by atoms with Gasteiger partial charge in [-0.3, -0.25) is 4.90 Å². The third-order valence-electron chi connectivity index (χ3n) is 4.30. The van der Waals surface area contributed by atoms with Gasteiger partial charge in [-0.25, -0.2) is 0 Å². The van der Waals surface area contributed by atoms with Gasteiger partial charge in [0.1, 0.15) is 0 Å². The minimum Gasteiger partial charge on any atom is -0.326 e. The Morgan fingerprint density at radius 2 is 2.05 bits per heavy atom. The van der Waals surface area contributed by atoms with Gasteiger partial charge in [-0.1, -0.05) is 37.1 Å². The summed E-state index contributed by atoms with van der Waals surface area (Å²) in [5, 5.41) is 0. The summed E-state index contributed by atoms with van der Waals surface area (Å²) < 4.78 is 0. The van der Waals surface area contributed by atoms with Crippen LogP contribution >= 0.6 is 0 Å². The second-order valence-electron chi connectivity index (χ2n) is 6.00. The normalized spacial score (nSPS) is 25.3. The minimum absolute atomic E-state index is 0.273. The maximum atomic E-state index is 6.51. The van der Waals surface area contributed by atoms with E-state index in [-0.39, 0.29) is 6.04 Å². The van der Waals surface area contributed by atoms with Crippen LogP contribution in [0.3, 0.4) is 0 Å². The van der Waals surface area contributed by atoms with Gasteiger partial charge in [-0.2, -0.15) is 0 Å². The maximum absolute atomic E-state index is 6.51. The first-order valence-electron chi connectivity index (χ1n) is 7.70. The van der Waals surface area contributed by atoms with Crippen LogP contribution in [-0.2, 0) is 0 Å². The van der Waals surface area contributed by atoms with E-state index < -0.39 is 0 Å². The van der Waals surface area contributed by atoms with Gasteiger partial charge in [-0.05, 0) is 57.3 Å². The number of nitrogens with two attached hydrogens (primary N) is 1. The van der Waals surface area contributed by atoms with Crippen molar-refractivity contribution in [2.45, 2.75) is 58.5 Å². The Hall–Kier alpha value is -0.860. The molecule has 1 saturated heterocycles. The van der Waals surface area contributed by atoms with Crippen LogP contribution in [0.15, 0.2) is 18.2 Å². The fraction of sp³-hybridized carbons (Fsp3) is 0.647. The summed E-state index contributed by atoms with van der Waals surface area (Å²) >= 11 is 0. The molecule has 106 valence electrons. The Kier molecular flexibility index (Phi) is 5.00. The summed E-state index contributed by atoms with van der Waals surface area (Å²) in [6, 6.07) is 7.46. The van der Waals surface area contributed by atoms with Crippen LogP contribution < -0.4 is 5.73 Å². The van der Waals surface area contributed by atoms with E-state index in [9.17, 15) is 0 Å². The number of aryl methyl sites for hydroxylation is 2. The number of likely N-dealkylation sites (tertiary alicyclic amines) is 1. The zero-order valence-electron chi connectivity index (χ0n) is 12.7. The van der Waals surface area contributed by atoms with Crippen molar-refractivity contribution >= 4 is 0 Å². The van der Waals surface area contributed by atoms with Gasteiger partial charge in [-0.15, -0.1) is 0 Å². The van der Waals surface area contributed by atoms with Crippen molar-refractivity contribution in [3.63, 3.8) is 0 Å². The van der Waals surface area contributed by atoms with Crippen LogP contribution in [0.25, 0.3) is 0 Å². The van der Waals surface area contributed by atoms with Gasteiger partial charge in [0.25, 0.3) is 0 Å². The van der Waals surface area contributed by atoms with Crippen LogP contribution in [0.4, 0.5) is 0 Å². The molecule has 0 saturated carbocycles. The largest absolute Gasteiger partial charge is 0.326 e. The standard InChI is InChI=1S/C17H28N2/c1-4-10-19-11-6-5-7-16(18)17(19)15-12-13(2)8-9-14(15)3/h8-9,12,16-17H,4-7,10-11,18H2,1-3H3. The lowest BCUT2D eigenvalue weighted by atomic mass is 9.91. The second kappa shape index (κ2) is 6.53. The molecule has 1 heterocycles. The summed E-state index contributed by atoms with van der Waals surface area (Å²) in [4.78, 5) is 2.61. The molecular formula is C17H28N2. The number of benzene rings is 1. The van der Waals surface area contributed by atoms with E-state index in [2.05, 4.69) is 43.9 Å². The average Bonchev–Trinajstić information content (AvgIpc) is 2.55. The maximum Gasteiger partial charge on any atom is 0.0501 e. The minimum atomic E-state index is 0.273. The summed E-state index contributed by atoms with van der Waals surface area (Å²) in [5.74, 6) is 0. The van der Waals surface area contributed by atoms with Crippen molar-refractivity contribution in [2.24, 2.45) is 5.73 Å². The first kappa shape index (κ1) is 14.5. The molecule has 0 aliphatic carbocycles. The van der Waals surface area contributed by atoms with Crippen molar-refractivity contribution in [3.8, 4) is 0 Å². The zero-order valence-corrected chi connectivity index (χ0v) is 12.7. The summed E-state index contributed by atoms with van der Waals surface area (Å²) in [5.41, 5.74) is 10.7. The molecule has 2 unspecified atom stereocenters. The predicted octanol–water partition coefficient (Wildman–Crippen LogP) is 3.57. The van der Waals surface area contributed by atoms with E-state index in [1.807, 2.05) is 0 Å². The Labute approximate surface area is 118 Å². The first-order valence-corrected chi connectivity index (χ1v) is 7.70. The van der Waals surface area contributed by atoms with Crippen molar-refractivity contribution < 1.29 is 0 Å². The molecule has 0 aromatic heterocycles. The van der Waals surface area contributed by atoms with Gasteiger partial charge in [0, 0.05) is 6.04 Å². The lowest BCUT2D eigenvalue weighted by molar-refractivity contribution is 0.185. The molecule has 1 fully saturated rings. The third-order valence-corrected chi connectivity index (χ3v) is 4.30. The molecule has 0 spiro atoms. The molecule has 0 amide bonds. The van der Waals surface area contributed by atoms with E-state index in [1.54, 1.807) is 0 Å². The summed E-state index contributed by atoms with van der Waals surface area (Å²) in [6.45, 7) is 9.01. The quantitative estimate of drug-likeness (QED) is 0.900. The molecule has 2 N–H and O–H groups in total. The Bertz CT molecular complexity index is 414. The molecule has 2 heteroatoms. The van der Waals surface area contributed by atoms with E-state index >= 15 is 0 Å². The average molecular weight is 260 g/mol. The highest BCUT2D eigenvalue weighted by molar-refractivity contribution is 5.34. The molecule has 1 aromatic carbocycles. The molecule has 0 radical (unpaired) electrons. The SMILES string of the molecule is CCCN1CCCCC(N)C1c1cc(C)ccc1C. The summed E-state index contributed by atoms with van der Waals surface area (Å²) in [7, 11) is 0. The highest BCUT2D eigenvalue weighted by Gasteiger charge is 2.29. The fourth-order valence-corrected chi connectivity index (χ4v) is 3.31. The van der Waals surface area contributed by atoms with Crippen molar-refractivity contribution in [1.82, 2.24) is 4.90 Å². The molecule has 19 heavy (non-hydrogen) atoms.